The number of carbonyl (C=O) groups is 2. The first-order chi connectivity index (χ1) is 9.45. The van der Waals surface area contributed by atoms with Gasteiger partial charge < -0.3 is 10.1 Å². The van der Waals surface area contributed by atoms with Gasteiger partial charge in [-0.2, -0.15) is 0 Å². The van der Waals surface area contributed by atoms with Crippen LogP contribution in [0.4, 0.5) is 5.69 Å². The van der Waals surface area contributed by atoms with Gasteiger partial charge in [0.15, 0.2) is 0 Å². The van der Waals surface area contributed by atoms with Crippen molar-refractivity contribution in [1.29, 1.82) is 0 Å². The Morgan fingerprint density at radius 1 is 1.45 bits per heavy atom. The molecule has 0 fully saturated rings. The van der Waals surface area contributed by atoms with E-state index >= 15 is 0 Å². The van der Waals surface area contributed by atoms with Crippen LogP contribution in [0.15, 0.2) is 22.7 Å². The van der Waals surface area contributed by atoms with Crippen molar-refractivity contribution < 1.29 is 19.2 Å². The van der Waals surface area contributed by atoms with Gasteiger partial charge in [-0.15, -0.1) is 0 Å². The zero-order chi connectivity index (χ0) is 15.1. The summed E-state index contributed by atoms with van der Waals surface area (Å²) >= 11 is 3.04. The maximum Gasteiger partial charge on any atom is 0.305 e. The highest BCUT2D eigenvalue weighted by Gasteiger charge is 2.15. The molecule has 1 N–H and O–H groups in total. The Hall–Kier alpha value is -1.96. The topological polar surface area (TPSA) is 98.5 Å². The van der Waals surface area contributed by atoms with Crippen LogP contribution in [0.3, 0.4) is 0 Å². The maximum absolute atomic E-state index is 11.8. The van der Waals surface area contributed by atoms with Crippen molar-refractivity contribution in [3.8, 4) is 0 Å². The van der Waals surface area contributed by atoms with Crippen LogP contribution in [0.2, 0.25) is 0 Å². The van der Waals surface area contributed by atoms with Crippen LogP contribution in [-0.4, -0.2) is 30.5 Å². The number of halogens is 1. The standard InChI is InChI=1S/C12H13BrN2O5/c1-20-11(16)3-2-6-14-12(17)8-4-5-9(13)10(7-8)15(18)19/h4-5,7H,2-3,6H2,1H3,(H,14,17). The average Bonchev–Trinajstić information content (AvgIpc) is 2.43. The number of hydrogen-bond donors (Lipinski definition) is 1. The molecule has 0 aliphatic carbocycles. The van der Waals surface area contributed by atoms with Gasteiger partial charge in [-0.1, -0.05) is 0 Å². The molecule has 0 atom stereocenters. The predicted octanol–water partition coefficient (Wildman–Crippen LogP) is 2.04. The van der Waals surface area contributed by atoms with Crippen LogP contribution in [0.25, 0.3) is 0 Å². The van der Waals surface area contributed by atoms with E-state index in [0.717, 1.165) is 0 Å². The third-order valence-electron chi connectivity index (χ3n) is 2.48. The van der Waals surface area contributed by atoms with Crippen molar-refractivity contribution in [1.82, 2.24) is 5.32 Å². The quantitative estimate of drug-likeness (QED) is 0.368. The lowest BCUT2D eigenvalue weighted by atomic mass is 10.2. The summed E-state index contributed by atoms with van der Waals surface area (Å²) in [6.45, 7) is 0.289. The third-order valence-corrected chi connectivity index (χ3v) is 3.15. The summed E-state index contributed by atoms with van der Waals surface area (Å²) in [5.41, 5.74) is 0.0187. The van der Waals surface area contributed by atoms with Crippen molar-refractivity contribution in [2.45, 2.75) is 12.8 Å². The van der Waals surface area contributed by atoms with Crippen molar-refractivity contribution in [3.05, 3.63) is 38.3 Å². The first-order valence-electron chi connectivity index (χ1n) is 5.74. The lowest BCUT2D eigenvalue weighted by molar-refractivity contribution is -0.385. The van der Waals surface area contributed by atoms with Crippen LogP contribution in [0.1, 0.15) is 23.2 Å². The van der Waals surface area contributed by atoms with Crippen molar-refractivity contribution in [2.24, 2.45) is 0 Å². The number of nitrogens with zero attached hydrogens (tertiary/aromatic N) is 1. The number of esters is 1. The molecule has 1 rings (SSSR count). The molecule has 0 heterocycles. The van der Waals surface area contributed by atoms with Gasteiger partial charge in [0.1, 0.15) is 0 Å². The highest BCUT2D eigenvalue weighted by molar-refractivity contribution is 9.10. The Bertz CT molecular complexity index is 533. The molecule has 0 unspecified atom stereocenters. The molecule has 7 nitrogen and oxygen atoms in total. The number of carbonyl (C=O) groups excluding carboxylic acids is 2. The number of nitrogens with one attached hydrogen (secondary N) is 1. The summed E-state index contributed by atoms with van der Waals surface area (Å²) in [6, 6.07) is 4.12. The van der Waals surface area contributed by atoms with E-state index in [1.165, 1.54) is 25.3 Å². The molecule has 1 aromatic carbocycles. The number of amides is 1. The minimum absolute atomic E-state index is 0.174. The van der Waals surface area contributed by atoms with E-state index in [2.05, 4.69) is 26.0 Å². The highest BCUT2D eigenvalue weighted by atomic mass is 79.9. The van der Waals surface area contributed by atoms with E-state index in [9.17, 15) is 19.7 Å². The normalized spacial score (nSPS) is 9.90. The van der Waals surface area contributed by atoms with Crippen LogP contribution in [-0.2, 0) is 9.53 Å². The van der Waals surface area contributed by atoms with Crippen molar-refractivity contribution in [3.63, 3.8) is 0 Å². The molecule has 108 valence electrons. The third kappa shape index (κ3) is 4.61. The fourth-order valence-electron chi connectivity index (χ4n) is 1.43. The fourth-order valence-corrected chi connectivity index (χ4v) is 1.82. The number of nitro groups is 1. The van der Waals surface area contributed by atoms with E-state index in [4.69, 9.17) is 0 Å². The molecule has 0 aliphatic rings. The second-order valence-corrected chi connectivity index (χ2v) is 4.71. The van der Waals surface area contributed by atoms with E-state index in [0.29, 0.717) is 10.9 Å². The Balaban J connectivity index is 2.58. The molecule has 8 heteroatoms. The van der Waals surface area contributed by atoms with Crippen LogP contribution in [0, 0.1) is 10.1 Å². The number of ether oxygens (including phenoxy) is 1. The molecule has 1 amide bonds. The molecule has 0 saturated carbocycles. The van der Waals surface area contributed by atoms with E-state index in [-0.39, 0.29) is 30.2 Å². The smallest absolute Gasteiger partial charge is 0.305 e. The number of nitro benzene ring substituents is 1. The van der Waals surface area contributed by atoms with E-state index < -0.39 is 10.8 Å². The summed E-state index contributed by atoms with van der Waals surface area (Å²) in [7, 11) is 1.29. The van der Waals surface area contributed by atoms with Gasteiger partial charge in [0.25, 0.3) is 11.6 Å². The largest absolute Gasteiger partial charge is 0.469 e. The molecule has 0 spiro atoms. The molecular formula is C12H13BrN2O5. The SMILES string of the molecule is COC(=O)CCCNC(=O)c1ccc(Br)c([N+](=O)[O-])c1. The average molecular weight is 345 g/mol. The number of methoxy groups -OCH3 is 1. The molecule has 0 radical (unpaired) electrons. The molecule has 0 aromatic heterocycles. The molecule has 1 aromatic rings. The van der Waals surface area contributed by atoms with Gasteiger partial charge in [0, 0.05) is 24.6 Å². The lowest BCUT2D eigenvalue weighted by Crippen LogP contribution is -2.25. The summed E-state index contributed by atoms with van der Waals surface area (Å²) < 4.78 is 4.78. The van der Waals surface area contributed by atoms with Crippen molar-refractivity contribution in [2.75, 3.05) is 13.7 Å². The Labute approximate surface area is 123 Å². The van der Waals surface area contributed by atoms with E-state index in [1.54, 1.807) is 0 Å². The van der Waals surface area contributed by atoms with Crippen LogP contribution >= 0.6 is 15.9 Å². The fraction of sp³-hybridized carbons (Fsp3) is 0.333. The highest BCUT2D eigenvalue weighted by Crippen LogP contribution is 2.25. The summed E-state index contributed by atoms with van der Waals surface area (Å²) in [5, 5.41) is 13.3. The van der Waals surface area contributed by atoms with Gasteiger partial charge in [-0.3, -0.25) is 19.7 Å². The van der Waals surface area contributed by atoms with E-state index in [1.807, 2.05) is 0 Å². The van der Waals surface area contributed by atoms with Gasteiger partial charge in [-0.05, 0) is 34.5 Å². The summed E-state index contributed by atoms with van der Waals surface area (Å²) in [4.78, 5) is 32.8. The molecular weight excluding hydrogens is 332 g/mol. The van der Waals surface area contributed by atoms with Gasteiger partial charge in [0.05, 0.1) is 16.5 Å². The van der Waals surface area contributed by atoms with Crippen LogP contribution < -0.4 is 5.32 Å². The number of rotatable bonds is 6. The van der Waals surface area contributed by atoms with Crippen molar-refractivity contribution >= 4 is 33.5 Å². The van der Waals surface area contributed by atoms with Gasteiger partial charge >= 0.3 is 5.97 Å². The second kappa shape index (κ2) is 7.59. The number of hydrogen-bond acceptors (Lipinski definition) is 5. The predicted molar refractivity (Wildman–Crippen MR) is 74.4 cm³/mol. The van der Waals surface area contributed by atoms with Gasteiger partial charge in [-0.25, -0.2) is 0 Å². The molecule has 20 heavy (non-hydrogen) atoms. The van der Waals surface area contributed by atoms with Crippen LogP contribution in [0.5, 0.6) is 0 Å². The first-order valence-corrected chi connectivity index (χ1v) is 6.54. The second-order valence-electron chi connectivity index (χ2n) is 3.86. The summed E-state index contributed by atoms with van der Waals surface area (Å²) in [5.74, 6) is -0.774. The minimum atomic E-state index is -0.571. The minimum Gasteiger partial charge on any atom is -0.469 e. The zero-order valence-electron chi connectivity index (χ0n) is 10.7. The number of benzene rings is 1. The Kier molecular flexibility index (Phi) is 6.10. The van der Waals surface area contributed by atoms with Gasteiger partial charge in [0.2, 0.25) is 0 Å². The maximum atomic E-state index is 11.8. The summed E-state index contributed by atoms with van der Waals surface area (Å²) in [6.07, 6.45) is 0.647. The molecule has 0 aliphatic heterocycles. The molecule has 0 saturated heterocycles. The Morgan fingerprint density at radius 3 is 2.75 bits per heavy atom. The Morgan fingerprint density at radius 2 is 2.15 bits per heavy atom. The lowest BCUT2D eigenvalue weighted by Gasteiger charge is -2.05. The first kappa shape index (κ1) is 16.1. The monoisotopic (exact) mass is 344 g/mol. The molecule has 0 bridgehead atoms. The zero-order valence-corrected chi connectivity index (χ0v) is 12.3.